The summed E-state index contributed by atoms with van der Waals surface area (Å²) in [6.45, 7) is 3.02. The van der Waals surface area contributed by atoms with Crippen LogP contribution in [0.2, 0.25) is 5.02 Å². The second-order valence-electron chi connectivity index (χ2n) is 4.96. The van der Waals surface area contributed by atoms with Gasteiger partial charge in [-0.25, -0.2) is 9.37 Å². The molecule has 0 saturated carbocycles. The number of carbonyl (C=O) groups excluding carboxylic acids is 1. The van der Waals surface area contributed by atoms with Gasteiger partial charge in [-0.15, -0.1) is 0 Å². The lowest BCUT2D eigenvalue weighted by Gasteiger charge is -2.31. The highest BCUT2D eigenvalue weighted by molar-refractivity contribution is 6.31. The summed E-state index contributed by atoms with van der Waals surface area (Å²) in [4.78, 5) is 23.3. The third-order valence-electron chi connectivity index (χ3n) is 3.52. The van der Waals surface area contributed by atoms with Gasteiger partial charge >= 0.3 is 0 Å². The fourth-order valence-corrected chi connectivity index (χ4v) is 2.43. The van der Waals surface area contributed by atoms with Gasteiger partial charge in [0.15, 0.2) is 5.82 Å². The molecule has 1 aliphatic rings. The lowest BCUT2D eigenvalue weighted by Crippen LogP contribution is -2.47. The van der Waals surface area contributed by atoms with Gasteiger partial charge in [0.2, 0.25) is 0 Å². The molecule has 20 heavy (non-hydrogen) atoms. The summed E-state index contributed by atoms with van der Waals surface area (Å²) in [6, 6.07) is 2.68. The first-order valence-electron chi connectivity index (χ1n) is 6.37. The monoisotopic (exact) mass is 296 g/mol. The zero-order valence-corrected chi connectivity index (χ0v) is 11.7. The van der Waals surface area contributed by atoms with Crippen molar-refractivity contribution in [2.24, 2.45) is 0 Å². The molecule has 1 fully saturated rings. The molecule has 1 saturated heterocycles. The van der Waals surface area contributed by atoms with E-state index in [4.69, 9.17) is 11.6 Å². The molecule has 2 heterocycles. The Balaban J connectivity index is 1.88. The van der Waals surface area contributed by atoms with Crippen molar-refractivity contribution in [1.29, 1.82) is 0 Å². The Bertz CT molecular complexity index is 625. The summed E-state index contributed by atoms with van der Waals surface area (Å²) >= 11 is 5.72. The molecule has 7 heteroatoms. The fourth-order valence-electron chi connectivity index (χ4n) is 2.27. The third kappa shape index (κ3) is 2.36. The lowest BCUT2D eigenvalue weighted by molar-refractivity contribution is 0.0653. The predicted molar refractivity (Wildman–Crippen MR) is 74.5 cm³/mol. The van der Waals surface area contributed by atoms with Gasteiger partial charge in [0.05, 0.1) is 16.1 Å². The smallest absolute Gasteiger partial charge is 0.289 e. The van der Waals surface area contributed by atoms with Crippen LogP contribution in [0.3, 0.4) is 0 Å². The first kappa shape index (κ1) is 13.3. The molecule has 2 aromatic rings. The Morgan fingerprint density at radius 3 is 2.75 bits per heavy atom. The number of benzene rings is 1. The Labute approximate surface area is 120 Å². The standard InChI is InChI=1S/C13H14ClFN4O/c1-18-2-4-19(5-3-18)13(20)12-16-10-6-8(14)9(15)7-11(10)17-12/h6-7H,2-5H2,1H3,(H,16,17). The van der Waals surface area contributed by atoms with E-state index in [0.717, 1.165) is 13.1 Å². The number of hydrogen-bond acceptors (Lipinski definition) is 3. The molecular formula is C13H14ClFN4O. The number of H-pyrrole nitrogens is 1. The average Bonchev–Trinajstić information content (AvgIpc) is 2.82. The van der Waals surface area contributed by atoms with Crippen molar-refractivity contribution < 1.29 is 9.18 Å². The number of piperazine rings is 1. The molecule has 0 spiro atoms. The van der Waals surface area contributed by atoms with Gasteiger partial charge in [0, 0.05) is 32.2 Å². The Morgan fingerprint density at radius 1 is 1.35 bits per heavy atom. The highest BCUT2D eigenvalue weighted by Gasteiger charge is 2.23. The van der Waals surface area contributed by atoms with Crippen LogP contribution in [0.1, 0.15) is 10.6 Å². The maximum absolute atomic E-state index is 13.4. The van der Waals surface area contributed by atoms with Crippen LogP contribution in [0.5, 0.6) is 0 Å². The summed E-state index contributed by atoms with van der Waals surface area (Å²) < 4.78 is 13.4. The number of fused-ring (bicyclic) bond motifs is 1. The number of aromatic amines is 1. The number of carbonyl (C=O) groups is 1. The number of amides is 1. The lowest BCUT2D eigenvalue weighted by atomic mass is 10.3. The fraction of sp³-hybridized carbons (Fsp3) is 0.385. The maximum atomic E-state index is 13.4. The molecule has 1 aromatic carbocycles. The van der Waals surface area contributed by atoms with Gasteiger partial charge in [0.1, 0.15) is 5.82 Å². The van der Waals surface area contributed by atoms with Crippen LogP contribution in [-0.4, -0.2) is 58.9 Å². The molecule has 3 rings (SSSR count). The number of nitrogens with zero attached hydrogens (tertiary/aromatic N) is 3. The first-order chi connectivity index (χ1) is 9.54. The van der Waals surface area contributed by atoms with E-state index in [-0.39, 0.29) is 16.8 Å². The maximum Gasteiger partial charge on any atom is 0.289 e. The molecule has 0 bridgehead atoms. The number of halogens is 2. The highest BCUT2D eigenvalue weighted by atomic mass is 35.5. The largest absolute Gasteiger partial charge is 0.334 e. The molecule has 5 nitrogen and oxygen atoms in total. The Hall–Kier alpha value is -1.66. The second kappa shape index (κ2) is 5.03. The molecule has 0 atom stereocenters. The van der Waals surface area contributed by atoms with Crippen molar-refractivity contribution in [3.8, 4) is 0 Å². The molecule has 1 N–H and O–H groups in total. The van der Waals surface area contributed by atoms with E-state index in [1.165, 1.54) is 12.1 Å². The van der Waals surface area contributed by atoms with Crippen LogP contribution in [0.25, 0.3) is 11.0 Å². The average molecular weight is 297 g/mol. The molecule has 1 amide bonds. The minimum absolute atomic E-state index is 0.0137. The van der Waals surface area contributed by atoms with Crippen molar-refractivity contribution in [2.75, 3.05) is 33.2 Å². The summed E-state index contributed by atoms with van der Waals surface area (Å²) in [5.74, 6) is -0.471. The van der Waals surface area contributed by atoms with Gasteiger partial charge in [0.25, 0.3) is 5.91 Å². The first-order valence-corrected chi connectivity index (χ1v) is 6.75. The Morgan fingerprint density at radius 2 is 2.05 bits per heavy atom. The molecule has 0 radical (unpaired) electrons. The molecule has 0 unspecified atom stereocenters. The molecule has 106 valence electrons. The number of nitrogens with one attached hydrogen (secondary N) is 1. The summed E-state index contributed by atoms with van der Waals surface area (Å²) in [5.41, 5.74) is 0.971. The summed E-state index contributed by atoms with van der Waals surface area (Å²) in [7, 11) is 2.02. The van der Waals surface area contributed by atoms with E-state index in [9.17, 15) is 9.18 Å². The van der Waals surface area contributed by atoms with Crippen molar-refractivity contribution >= 4 is 28.5 Å². The topological polar surface area (TPSA) is 52.2 Å². The number of aromatic nitrogens is 2. The zero-order chi connectivity index (χ0) is 14.3. The second-order valence-corrected chi connectivity index (χ2v) is 5.37. The quantitative estimate of drug-likeness (QED) is 0.872. The van der Waals surface area contributed by atoms with Crippen LogP contribution < -0.4 is 0 Å². The van der Waals surface area contributed by atoms with Crippen molar-refractivity contribution in [1.82, 2.24) is 19.8 Å². The van der Waals surface area contributed by atoms with Crippen molar-refractivity contribution in [3.63, 3.8) is 0 Å². The third-order valence-corrected chi connectivity index (χ3v) is 3.81. The van der Waals surface area contributed by atoms with E-state index < -0.39 is 5.82 Å². The molecule has 0 aliphatic carbocycles. The molecule has 1 aliphatic heterocycles. The number of hydrogen-bond donors (Lipinski definition) is 1. The van der Waals surface area contributed by atoms with E-state index in [0.29, 0.717) is 24.1 Å². The molecule has 1 aromatic heterocycles. The Kier molecular flexibility index (Phi) is 3.35. The van der Waals surface area contributed by atoms with Gasteiger partial charge in [-0.05, 0) is 13.1 Å². The van der Waals surface area contributed by atoms with Crippen LogP contribution in [0.4, 0.5) is 4.39 Å². The van der Waals surface area contributed by atoms with Gasteiger partial charge in [-0.3, -0.25) is 4.79 Å². The molecular weight excluding hydrogens is 283 g/mol. The van der Waals surface area contributed by atoms with E-state index in [1.54, 1.807) is 4.90 Å². The normalized spacial score (nSPS) is 16.9. The van der Waals surface area contributed by atoms with Gasteiger partial charge < -0.3 is 14.8 Å². The van der Waals surface area contributed by atoms with Crippen LogP contribution in [-0.2, 0) is 0 Å². The van der Waals surface area contributed by atoms with Crippen LogP contribution >= 0.6 is 11.6 Å². The van der Waals surface area contributed by atoms with Crippen LogP contribution in [0.15, 0.2) is 12.1 Å². The number of imidazole rings is 1. The summed E-state index contributed by atoms with van der Waals surface area (Å²) in [6.07, 6.45) is 0. The van der Waals surface area contributed by atoms with Gasteiger partial charge in [-0.2, -0.15) is 0 Å². The van der Waals surface area contributed by atoms with E-state index in [2.05, 4.69) is 14.9 Å². The zero-order valence-electron chi connectivity index (χ0n) is 11.0. The van der Waals surface area contributed by atoms with Crippen molar-refractivity contribution in [2.45, 2.75) is 0 Å². The van der Waals surface area contributed by atoms with Crippen LogP contribution in [0, 0.1) is 5.82 Å². The predicted octanol–water partition coefficient (Wildman–Crippen LogP) is 1.74. The van der Waals surface area contributed by atoms with Crippen molar-refractivity contribution in [3.05, 3.63) is 28.8 Å². The van der Waals surface area contributed by atoms with E-state index >= 15 is 0 Å². The SMILES string of the molecule is CN1CCN(C(=O)c2nc3cc(F)c(Cl)cc3[nH]2)CC1. The number of likely N-dealkylation sites (N-methyl/N-ethyl adjacent to an activating group) is 1. The minimum Gasteiger partial charge on any atom is -0.334 e. The summed E-state index contributed by atoms with van der Waals surface area (Å²) in [5, 5.41) is 0.0137. The highest BCUT2D eigenvalue weighted by Crippen LogP contribution is 2.21. The van der Waals surface area contributed by atoms with E-state index in [1.807, 2.05) is 7.05 Å². The van der Waals surface area contributed by atoms with Gasteiger partial charge in [-0.1, -0.05) is 11.6 Å². The minimum atomic E-state index is -0.538. The number of rotatable bonds is 1.